The number of rotatable bonds is 4. The lowest BCUT2D eigenvalue weighted by atomic mass is 10.3. The third-order valence-electron chi connectivity index (χ3n) is 2.55. The monoisotopic (exact) mass is 230 g/mol. The van der Waals surface area contributed by atoms with Crippen molar-refractivity contribution in [3.05, 3.63) is 23.9 Å². The molecule has 1 unspecified atom stereocenters. The average Bonchev–Trinajstić information content (AvgIpc) is 3.13. The summed E-state index contributed by atoms with van der Waals surface area (Å²) in [5.74, 6) is 0.513. The highest BCUT2D eigenvalue weighted by atomic mass is 16.2. The summed E-state index contributed by atoms with van der Waals surface area (Å²) in [5.41, 5.74) is 0.338. The van der Waals surface area contributed by atoms with Gasteiger partial charge in [0.1, 0.15) is 23.6 Å². The molecule has 1 saturated carbocycles. The lowest BCUT2D eigenvalue weighted by molar-refractivity contribution is -0.121. The first-order chi connectivity index (χ1) is 8.19. The van der Waals surface area contributed by atoms with Crippen molar-refractivity contribution in [2.75, 3.05) is 5.32 Å². The molecule has 1 aliphatic carbocycles. The minimum absolute atomic E-state index is 0.0309. The van der Waals surface area contributed by atoms with E-state index in [-0.39, 0.29) is 11.9 Å². The van der Waals surface area contributed by atoms with E-state index < -0.39 is 0 Å². The maximum atomic E-state index is 11.7. The minimum atomic E-state index is -0.350. The van der Waals surface area contributed by atoms with E-state index in [9.17, 15) is 4.79 Å². The molecule has 17 heavy (non-hydrogen) atoms. The summed E-state index contributed by atoms with van der Waals surface area (Å²) in [5, 5.41) is 14.6. The molecule has 0 aromatic carbocycles. The minimum Gasteiger partial charge on any atom is -0.359 e. The molecule has 0 spiro atoms. The molecule has 1 atom stereocenters. The second kappa shape index (κ2) is 4.83. The first-order valence-electron chi connectivity index (χ1n) is 5.63. The van der Waals surface area contributed by atoms with Crippen molar-refractivity contribution in [1.82, 2.24) is 10.3 Å². The van der Waals surface area contributed by atoms with Gasteiger partial charge in [-0.05, 0) is 31.9 Å². The Hall–Kier alpha value is -2.09. The van der Waals surface area contributed by atoms with Gasteiger partial charge < -0.3 is 10.6 Å². The zero-order valence-electron chi connectivity index (χ0n) is 9.60. The third kappa shape index (κ3) is 3.18. The number of aromatic nitrogens is 1. The molecule has 1 fully saturated rings. The van der Waals surface area contributed by atoms with Crippen LogP contribution in [0.3, 0.4) is 0 Å². The number of nitrogens with one attached hydrogen (secondary N) is 2. The van der Waals surface area contributed by atoms with Crippen molar-refractivity contribution in [1.29, 1.82) is 5.26 Å². The Morgan fingerprint density at radius 2 is 2.35 bits per heavy atom. The number of carbonyl (C=O) groups is 1. The number of hydrogen-bond donors (Lipinski definition) is 2. The topological polar surface area (TPSA) is 77.8 Å². The fourth-order valence-corrected chi connectivity index (χ4v) is 1.42. The quantitative estimate of drug-likeness (QED) is 0.810. The number of amides is 1. The largest absolute Gasteiger partial charge is 0.359 e. The molecule has 0 bridgehead atoms. The van der Waals surface area contributed by atoms with Gasteiger partial charge in [0.05, 0.1) is 0 Å². The van der Waals surface area contributed by atoms with Crippen molar-refractivity contribution in [2.45, 2.75) is 31.8 Å². The molecule has 2 rings (SSSR count). The Labute approximate surface area is 99.9 Å². The summed E-state index contributed by atoms with van der Waals surface area (Å²) in [6.07, 6.45) is 2.14. The van der Waals surface area contributed by atoms with E-state index in [0.717, 1.165) is 12.8 Å². The second-order valence-corrected chi connectivity index (χ2v) is 4.17. The molecule has 88 valence electrons. The van der Waals surface area contributed by atoms with Crippen LogP contribution in [0.4, 0.5) is 5.82 Å². The normalized spacial score (nSPS) is 15.8. The van der Waals surface area contributed by atoms with Crippen LogP contribution in [0.15, 0.2) is 18.2 Å². The number of nitriles is 1. The maximum Gasteiger partial charge on any atom is 0.242 e. The SMILES string of the molecule is CC(Nc1cccc(C#N)n1)C(=O)NC1CC1. The predicted octanol–water partition coefficient (Wildman–Crippen LogP) is 1.03. The van der Waals surface area contributed by atoms with Crippen LogP contribution in [-0.4, -0.2) is 23.0 Å². The zero-order chi connectivity index (χ0) is 12.3. The molecular formula is C12H14N4O. The third-order valence-corrected chi connectivity index (χ3v) is 2.55. The molecule has 2 N–H and O–H groups in total. The summed E-state index contributed by atoms with van der Waals surface area (Å²) in [6, 6.07) is 7.06. The Balaban J connectivity index is 1.94. The van der Waals surface area contributed by atoms with Gasteiger partial charge in [0, 0.05) is 6.04 Å². The fraction of sp³-hybridized carbons (Fsp3) is 0.417. The fourth-order valence-electron chi connectivity index (χ4n) is 1.42. The smallest absolute Gasteiger partial charge is 0.242 e. The number of anilines is 1. The maximum absolute atomic E-state index is 11.7. The lowest BCUT2D eigenvalue weighted by Crippen LogP contribution is -2.38. The standard InChI is InChI=1S/C12H14N4O/c1-8(12(17)16-9-5-6-9)14-11-4-2-3-10(7-13)15-11/h2-4,8-9H,5-6H2,1H3,(H,14,15)(H,16,17). The summed E-state index contributed by atoms with van der Waals surface area (Å²) >= 11 is 0. The summed E-state index contributed by atoms with van der Waals surface area (Å²) in [4.78, 5) is 15.7. The second-order valence-electron chi connectivity index (χ2n) is 4.17. The zero-order valence-corrected chi connectivity index (χ0v) is 9.60. The molecule has 5 heteroatoms. The van der Waals surface area contributed by atoms with Gasteiger partial charge in [0.2, 0.25) is 5.91 Å². The summed E-state index contributed by atoms with van der Waals surface area (Å²) in [7, 11) is 0. The average molecular weight is 230 g/mol. The van der Waals surface area contributed by atoms with Gasteiger partial charge in [-0.3, -0.25) is 4.79 Å². The van der Waals surface area contributed by atoms with Gasteiger partial charge in [0.15, 0.2) is 0 Å². The molecule has 1 aromatic rings. The molecule has 5 nitrogen and oxygen atoms in total. The number of nitrogens with zero attached hydrogens (tertiary/aromatic N) is 2. The van der Waals surface area contributed by atoms with Crippen molar-refractivity contribution >= 4 is 11.7 Å². The van der Waals surface area contributed by atoms with Crippen molar-refractivity contribution < 1.29 is 4.79 Å². The van der Waals surface area contributed by atoms with Crippen molar-refractivity contribution in [3.63, 3.8) is 0 Å². The van der Waals surface area contributed by atoms with E-state index in [1.54, 1.807) is 25.1 Å². The van der Waals surface area contributed by atoms with Crippen molar-refractivity contribution in [3.8, 4) is 6.07 Å². The van der Waals surface area contributed by atoms with Crippen LogP contribution in [0.5, 0.6) is 0 Å². The molecular weight excluding hydrogens is 216 g/mol. The van der Waals surface area contributed by atoms with Crippen LogP contribution in [0.25, 0.3) is 0 Å². The number of pyridine rings is 1. The van der Waals surface area contributed by atoms with Crippen LogP contribution < -0.4 is 10.6 Å². The number of carbonyl (C=O) groups excluding carboxylic acids is 1. The van der Waals surface area contributed by atoms with Gasteiger partial charge in [-0.15, -0.1) is 0 Å². The molecule has 1 aromatic heterocycles. The molecule has 1 amide bonds. The summed E-state index contributed by atoms with van der Waals surface area (Å²) < 4.78 is 0. The first kappa shape index (κ1) is 11.4. The first-order valence-corrected chi connectivity index (χ1v) is 5.63. The molecule has 1 aliphatic rings. The van der Waals surface area contributed by atoms with Gasteiger partial charge in [-0.2, -0.15) is 5.26 Å². The van der Waals surface area contributed by atoms with Crippen LogP contribution in [0.1, 0.15) is 25.5 Å². The van der Waals surface area contributed by atoms with E-state index in [4.69, 9.17) is 5.26 Å². The lowest BCUT2D eigenvalue weighted by Gasteiger charge is -2.14. The van der Waals surface area contributed by atoms with Gasteiger partial charge >= 0.3 is 0 Å². The highest BCUT2D eigenvalue weighted by Crippen LogP contribution is 2.18. The van der Waals surface area contributed by atoms with E-state index >= 15 is 0 Å². The van der Waals surface area contributed by atoms with Crippen molar-refractivity contribution in [2.24, 2.45) is 0 Å². The highest BCUT2D eigenvalue weighted by molar-refractivity contribution is 5.84. The van der Waals surface area contributed by atoms with E-state index in [0.29, 0.717) is 17.6 Å². The Bertz CT molecular complexity index is 462. The molecule has 0 saturated heterocycles. The van der Waals surface area contributed by atoms with Gasteiger partial charge in [0.25, 0.3) is 0 Å². The Morgan fingerprint density at radius 3 is 3.00 bits per heavy atom. The van der Waals surface area contributed by atoms with E-state index in [1.807, 2.05) is 6.07 Å². The van der Waals surface area contributed by atoms with Crippen LogP contribution in [0, 0.1) is 11.3 Å². The van der Waals surface area contributed by atoms with Crippen LogP contribution >= 0.6 is 0 Å². The van der Waals surface area contributed by atoms with Gasteiger partial charge in [-0.1, -0.05) is 6.07 Å². The highest BCUT2D eigenvalue weighted by Gasteiger charge is 2.25. The molecule has 0 aliphatic heterocycles. The Kier molecular flexibility index (Phi) is 3.24. The predicted molar refractivity (Wildman–Crippen MR) is 63.2 cm³/mol. The van der Waals surface area contributed by atoms with Crippen LogP contribution in [-0.2, 0) is 4.79 Å². The molecule has 1 heterocycles. The van der Waals surface area contributed by atoms with Gasteiger partial charge in [-0.25, -0.2) is 4.98 Å². The van der Waals surface area contributed by atoms with E-state index in [1.165, 1.54) is 0 Å². The summed E-state index contributed by atoms with van der Waals surface area (Å²) in [6.45, 7) is 1.78. The van der Waals surface area contributed by atoms with Crippen LogP contribution in [0.2, 0.25) is 0 Å². The van der Waals surface area contributed by atoms with E-state index in [2.05, 4.69) is 15.6 Å². The molecule has 0 radical (unpaired) electrons. The number of hydrogen-bond acceptors (Lipinski definition) is 4. The Morgan fingerprint density at radius 1 is 1.59 bits per heavy atom.